The molecule has 1 aromatic heterocycles. The first-order valence-electron chi connectivity index (χ1n) is 9.00. The fourth-order valence-corrected chi connectivity index (χ4v) is 3.12. The van der Waals surface area contributed by atoms with Gasteiger partial charge in [-0.3, -0.25) is 19.3 Å². The van der Waals surface area contributed by atoms with Crippen LogP contribution >= 0.6 is 0 Å². The van der Waals surface area contributed by atoms with Crippen molar-refractivity contribution >= 4 is 17.8 Å². The molecule has 2 amide bonds. The Morgan fingerprint density at radius 2 is 1.83 bits per heavy atom. The molecule has 0 fully saturated rings. The van der Waals surface area contributed by atoms with Crippen molar-refractivity contribution in [3.63, 3.8) is 0 Å². The third-order valence-electron chi connectivity index (χ3n) is 4.63. The quantitative estimate of drug-likeness (QED) is 0.486. The zero-order chi connectivity index (χ0) is 20.4. The molecule has 0 unspecified atom stereocenters. The lowest BCUT2D eigenvalue weighted by Gasteiger charge is -2.25. The first kappa shape index (κ1) is 18.5. The van der Waals surface area contributed by atoms with Crippen molar-refractivity contribution in [3.8, 4) is 11.4 Å². The van der Waals surface area contributed by atoms with Crippen LogP contribution in [-0.2, 0) is 27.4 Å². The summed E-state index contributed by atoms with van der Waals surface area (Å²) in [6, 6.07) is 14.4. The second-order valence-electron chi connectivity index (χ2n) is 6.61. The predicted molar refractivity (Wildman–Crippen MR) is 100 cm³/mol. The van der Waals surface area contributed by atoms with Gasteiger partial charge in [-0.15, -0.1) is 0 Å². The zero-order valence-electron chi connectivity index (χ0n) is 15.6. The number of carbonyl (C=O) groups is 3. The normalized spacial score (nSPS) is 13.3. The van der Waals surface area contributed by atoms with Gasteiger partial charge in [0.05, 0.1) is 6.42 Å². The van der Waals surface area contributed by atoms with E-state index >= 15 is 0 Å². The van der Waals surface area contributed by atoms with E-state index in [0.29, 0.717) is 17.0 Å². The monoisotopic (exact) mass is 391 g/mol. The number of aryl methyl sites for hydroxylation is 1. The van der Waals surface area contributed by atoms with Crippen LogP contribution in [0.2, 0.25) is 0 Å². The van der Waals surface area contributed by atoms with E-state index in [0.717, 1.165) is 16.0 Å². The smallest absolute Gasteiger partial charge is 0.326 e. The van der Waals surface area contributed by atoms with Gasteiger partial charge >= 0.3 is 5.97 Å². The molecular weight excluding hydrogens is 374 g/mol. The van der Waals surface area contributed by atoms with E-state index in [9.17, 15) is 14.4 Å². The molecule has 1 aliphatic heterocycles. The highest BCUT2D eigenvalue weighted by atomic mass is 16.6. The van der Waals surface area contributed by atoms with E-state index in [1.807, 2.05) is 31.2 Å². The van der Waals surface area contributed by atoms with Crippen LogP contribution in [-0.4, -0.2) is 39.4 Å². The van der Waals surface area contributed by atoms with Crippen molar-refractivity contribution in [2.45, 2.75) is 20.0 Å². The second-order valence-corrected chi connectivity index (χ2v) is 6.61. The summed E-state index contributed by atoms with van der Waals surface area (Å²) in [5.41, 5.74) is 2.87. The van der Waals surface area contributed by atoms with Gasteiger partial charge in [0, 0.05) is 11.1 Å². The largest absolute Gasteiger partial charge is 0.454 e. The Bertz CT molecular complexity index is 1100. The molecular formula is C21H17N3O5. The van der Waals surface area contributed by atoms with Crippen LogP contribution in [0.1, 0.15) is 27.4 Å². The SMILES string of the molecule is Cc1ccccc1-c1noc(COC(=O)CN2C(=O)Cc3ccccc3C2=O)n1. The number of hydrogen-bond donors (Lipinski definition) is 0. The number of amides is 2. The van der Waals surface area contributed by atoms with Crippen LogP contribution in [0.25, 0.3) is 11.4 Å². The summed E-state index contributed by atoms with van der Waals surface area (Å²) in [6.45, 7) is 1.21. The second kappa shape index (κ2) is 7.67. The molecule has 29 heavy (non-hydrogen) atoms. The minimum atomic E-state index is -0.735. The van der Waals surface area contributed by atoms with Gasteiger partial charge in [-0.2, -0.15) is 4.98 Å². The highest BCUT2D eigenvalue weighted by Crippen LogP contribution is 2.21. The zero-order valence-corrected chi connectivity index (χ0v) is 15.6. The Morgan fingerprint density at radius 1 is 1.10 bits per heavy atom. The minimum absolute atomic E-state index is 0.0681. The maximum absolute atomic E-state index is 12.5. The van der Waals surface area contributed by atoms with Gasteiger partial charge in [0.25, 0.3) is 11.8 Å². The van der Waals surface area contributed by atoms with Gasteiger partial charge < -0.3 is 9.26 Å². The fraction of sp³-hybridized carbons (Fsp3) is 0.190. The molecule has 0 saturated heterocycles. The molecule has 2 heterocycles. The molecule has 0 spiro atoms. The Hall–Kier alpha value is -3.81. The van der Waals surface area contributed by atoms with E-state index < -0.39 is 24.3 Å². The van der Waals surface area contributed by atoms with Crippen molar-refractivity contribution in [3.05, 3.63) is 71.1 Å². The number of fused-ring (bicyclic) bond motifs is 1. The van der Waals surface area contributed by atoms with Gasteiger partial charge in [0.1, 0.15) is 6.54 Å². The van der Waals surface area contributed by atoms with Gasteiger partial charge in [0.15, 0.2) is 6.61 Å². The van der Waals surface area contributed by atoms with Gasteiger partial charge in [-0.05, 0) is 24.1 Å². The third kappa shape index (κ3) is 3.77. The van der Waals surface area contributed by atoms with Crippen LogP contribution in [0.3, 0.4) is 0 Å². The van der Waals surface area contributed by atoms with Crippen molar-refractivity contribution < 1.29 is 23.6 Å². The van der Waals surface area contributed by atoms with E-state index in [1.54, 1.807) is 24.3 Å². The average molecular weight is 391 g/mol. The summed E-state index contributed by atoms with van der Waals surface area (Å²) in [5, 5.41) is 3.89. The summed E-state index contributed by atoms with van der Waals surface area (Å²) in [7, 11) is 0. The molecule has 0 N–H and O–H groups in total. The lowest BCUT2D eigenvalue weighted by Crippen LogP contribution is -2.45. The summed E-state index contributed by atoms with van der Waals surface area (Å²) < 4.78 is 10.2. The van der Waals surface area contributed by atoms with Crippen molar-refractivity contribution in [1.82, 2.24) is 15.0 Å². The maximum atomic E-state index is 12.5. The van der Waals surface area contributed by atoms with Crippen molar-refractivity contribution in [2.24, 2.45) is 0 Å². The molecule has 3 aromatic rings. The standard InChI is InChI=1S/C21H17N3O5/c1-13-6-2-4-8-15(13)20-22-17(29-23-20)12-28-19(26)11-24-18(25)10-14-7-3-5-9-16(14)21(24)27/h2-9H,10-12H2,1H3. The average Bonchev–Trinajstić information content (AvgIpc) is 3.19. The van der Waals surface area contributed by atoms with Gasteiger partial charge in [-0.25, -0.2) is 0 Å². The van der Waals surface area contributed by atoms with Gasteiger partial charge in [0.2, 0.25) is 11.7 Å². The van der Waals surface area contributed by atoms with Crippen LogP contribution in [0.15, 0.2) is 53.1 Å². The molecule has 0 aliphatic carbocycles. The Morgan fingerprint density at radius 3 is 2.62 bits per heavy atom. The highest BCUT2D eigenvalue weighted by molar-refractivity contribution is 6.11. The number of carbonyl (C=O) groups excluding carboxylic acids is 3. The molecule has 0 atom stereocenters. The number of hydrogen-bond acceptors (Lipinski definition) is 7. The first-order valence-corrected chi connectivity index (χ1v) is 9.00. The number of rotatable bonds is 5. The van der Waals surface area contributed by atoms with Gasteiger partial charge in [-0.1, -0.05) is 47.6 Å². The molecule has 0 saturated carbocycles. The van der Waals surface area contributed by atoms with Crippen LogP contribution in [0.5, 0.6) is 0 Å². The first-order chi connectivity index (χ1) is 14.0. The maximum Gasteiger partial charge on any atom is 0.326 e. The predicted octanol–water partition coefficient (Wildman–Crippen LogP) is 2.31. The topological polar surface area (TPSA) is 103 Å². The lowest BCUT2D eigenvalue weighted by atomic mass is 9.98. The number of aromatic nitrogens is 2. The molecule has 1 aliphatic rings. The number of ether oxygens (including phenoxy) is 1. The minimum Gasteiger partial charge on any atom is -0.454 e. The Kier molecular flexibility index (Phi) is 4.90. The molecule has 4 rings (SSSR count). The highest BCUT2D eigenvalue weighted by Gasteiger charge is 2.32. The van der Waals surface area contributed by atoms with E-state index in [-0.39, 0.29) is 18.9 Å². The summed E-state index contributed by atoms with van der Waals surface area (Å²) in [5.74, 6) is -1.16. The summed E-state index contributed by atoms with van der Waals surface area (Å²) >= 11 is 0. The molecule has 8 nitrogen and oxygen atoms in total. The van der Waals surface area contributed by atoms with Crippen molar-refractivity contribution in [2.75, 3.05) is 6.54 Å². The van der Waals surface area contributed by atoms with E-state index in [1.165, 1.54) is 0 Å². The lowest BCUT2D eigenvalue weighted by molar-refractivity contribution is -0.149. The number of benzene rings is 2. The number of nitrogens with zero attached hydrogens (tertiary/aromatic N) is 3. The molecule has 0 bridgehead atoms. The van der Waals surface area contributed by atoms with Crippen LogP contribution in [0.4, 0.5) is 0 Å². The van der Waals surface area contributed by atoms with Crippen LogP contribution in [0, 0.1) is 6.92 Å². The molecule has 0 radical (unpaired) electrons. The van der Waals surface area contributed by atoms with E-state index in [2.05, 4.69) is 10.1 Å². The fourth-order valence-electron chi connectivity index (χ4n) is 3.12. The summed E-state index contributed by atoms with van der Waals surface area (Å²) in [6.07, 6.45) is 0.0681. The van der Waals surface area contributed by atoms with Crippen molar-refractivity contribution in [1.29, 1.82) is 0 Å². The molecule has 2 aromatic carbocycles. The van der Waals surface area contributed by atoms with E-state index in [4.69, 9.17) is 9.26 Å². The molecule has 146 valence electrons. The Balaban J connectivity index is 1.38. The summed E-state index contributed by atoms with van der Waals surface area (Å²) in [4.78, 5) is 42.0. The third-order valence-corrected chi connectivity index (χ3v) is 4.63. The molecule has 8 heteroatoms. The number of imide groups is 1. The van der Waals surface area contributed by atoms with Crippen LogP contribution < -0.4 is 0 Å². The number of esters is 1. The Labute approximate surface area is 166 Å².